The van der Waals surface area contributed by atoms with E-state index in [0.29, 0.717) is 5.89 Å². The minimum absolute atomic E-state index is 0.625. The van der Waals surface area contributed by atoms with Gasteiger partial charge in [0.2, 0.25) is 0 Å². The van der Waals surface area contributed by atoms with Crippen LogP contribution in [0.5, 0.6) is 0 Å². The van der Waals surface area contributed by atoms with Crippen LogP contribution >= 0.6 is 11.3 Å². The van der Waals surface area contributed by atoms with Crippen LogP contribution in [0.2, 0.25) is 0 Å². The molecule has 0 amide bonds. The highest BCUT2D eigenvalue weighted by Gasteiger charge is 2.14. The van der Waals surface area contributed by atoms with Gasteiger partial charge in [-0.1, -0.05) is 38.8 Å². The predicted molar refractivity (Wildman–Crippen MR) is 82.6 cm³/mol. The van der Waals surface area contributed by atoms with E-state index in [9.17, 15) is 0 Å². The van der Waals surface area contributed by atoms with Gasteiger partial charge in [-0.25, -0.2) is 0 Å². The Morgan fingerprint density at radius 1 is 1.30 bits per heavy atom. The molecule has 0 radical (unpaired) electrons. The monoisotopic (exact) mass is 293 g/mol. The molecule has 0 aliphatic carbocycles. The van der Waals surface area contributed by atoms with E-state index >= 15 is 0 Å². The van der Waals surface area contributed by atoms with Gasteiger partial charge >= 0.3 is 0 Å². The zero-order valence-electron chi connectivity index (χ0n) is 12.5. The normalized spacial score (nSPS) is 11.7. The maximum atomic E-state index is 5.33. The van der Waals surface area contributed by atoms with Crippen molar-refractivity contribution in [2.75, 3.05) is 13.1 Å². The summed E-state index contributed by atoms with van der Waals surface area (Å²) in [5, 5.41) is 8.14. The van der Waals surface area contributed by atoms with E-state index in [-0.39, 0.29) is 0 Å². The van der Waals surface area contributed by atoms with Crippen LogP contribution in [0.15, 0.2) is 21.3 Å². The van der Waals surface area contributed by atoms with Gasteiger partial charge in [0.05, 0.1) is 12.1 Å². The molecule has 2 aromatic heterocycles. The Labute approximate surface area is 124 Å². The number of rotatable bonds is 8. The van der Waals surface area contributed by atoms with Gasteiger partial charge in [-0.2, -0.15) is 16.3 Å². The van der Waals surface area contributed by atoms with Crippen molar-refractivity contribution in [2.45, 2.75) is 40.2 Å². The van der Waals surface area contributed by atoms with Crippen molar-refractivity contribution < 1.29 is 4.52 Å². The fourth-order valence-electron chi connectivity index (χ4n) is 2.24. The van der Waals surface area contributed by atoms with Crippen molar-refractivity contribution in [1.29, 1.82) is 0 Å². The van der Waals surface area contributed by atoms with E-state index in [1.807, 2.05) is 16.8 Å². The summed E-state index contributed by atoms with van der Waals surface area (Å²) in [5.74, 6) is 2.15. The van der Waals surface area contributed by atoms with Crippen LogP contribution in [0.3, 0.4) is 0 Å². The Morgan fingerprint density at radius 2 is 2.10 bits per heavy atom. The summed E-state index contributed by atoms with van der Waals surface area (Å²) >= 11 is 1.64. The van der Waals surface area contributed by atoms with Crippen molar-refractivity contribution in [3.8, 4) is 11.5 Å². The molecule has 0 aromatic carbocycles. The summed E-state index contributed by atoms with van der Waals surface area (Å²) < 4.78 is 5.33. The van der Waals surface area contributed by atoms with Gasteiger partial charge < -0.3 is 4.52 Å². The summed E-state index contributed by atoms with van der Waals surface area (Å²) in [7, 11) is 0. The standard InChI is InChI=1S/C15H23N3OS/c1-4-12(5-2)9-18(6-3)10-14-16-15(19-17-14)13-7-8-20-11-13/h7-8,11-12H,4-6,9-10H2,1-3H3. The summed E-state index contributed by atoms with van der Waals surface area (Å²) in [4.78, 5) is 6.88. The summed E-state index contributed by atoms with van der Waals surface area (Å²) in [6.45, 7) is 9.57. The van der Waals surface area contributed by atoms with Crippen LogP contribution in [0.4, 0.5) is 0 Å². The lowest BCUT2D eigenvalue weighted by atomic mass is 10.0. The fraction of sp³-hybridized carbons (Fsp3) is 0.600. The molecule has 0 bridgehead atoms. The molecule has 2 rings (SSSR count). The topological polar surface area (TPSA) is 42.2 Å². The number of aromatic nitrogens is 2. The molecule has 0 fully saturated rings. The Balaban J connectivity index is 1.97. The first kappa shape index (κ1) is 15.2. The van der Waals surface area contributed by atoms with Crippen LogP contribution in [-0.2, 0) is 6.54 Å². The third kappa shape index (κ3) is 3.90. The fourth-order valence-corrected chi connectivity index (χ4v) is 2.87. The largest absolute Gasteiger partial charge is 0.334 e. The second kappa shape index (κ2) is 7.55. The van der Waals surface area contributed by atoms with Gasteiger partial charge in [0.1, 0.15) is 0 Å². The molecule has 0 saturated carbocycles. The SMILES string of the molecule is CCC(CC)CN(CC)Cc1noc(-c2ccsc2)n1. The molecule has 0 atom stereocenters. The first-order valence-electron chi connectivity index (χ1n) is 7.34. The van der Waals surface area contributed by atoms with Crippen LogP contribution < -0.4 is 0 Å². The zero-order chi connectivity index (χ0) is 14.4. The number of hydrogen-bond acceptors (Lipinski definition) is 5. The van der Waals surface area contributed by atoms with Gasteiger partial charge in [-0.3, -0.25) is 4.90 Å². The molecule has 0 N–H and O–H groups in total. The maximum Gasteiger partial charge on any atom is 0.258 e. The zero-order valence-corrected chi connectivity index (χ0v) is 13.3. The Hall–Kier alpha value is -1.20. The highest BCUT2D eigenvalue weighted by Crippen LogP contribution is 2.20. The molecule has 2 aromatic rings. The van der Waals surface area contributed by atoms with E-state index in [4.69, 9.17) is 4.52 Å². The molecule has 0 spiro atoms. The lowest BCUT2D eigenvalue weighted by molar-refractivity contribution is 0.218. The number of hydrogen-bond donors (Lipinski definition) is 0. The highest BCUT2D eigenvalue weighted by molar-refractivity contribution is 7.08. The second-order valence-electron chi connectivity index (χ2n) is 5.04. The van der Waals surface area contributed by atoms with Gasteiger partial charge in [0.25, 0.3) is 5.89 Å². The molecule has 110 valence electrons. The van der Waals surface area contributed by atoms with E-state index in [1.54, 1.807) is 11.3 Å². The summed E-state index contributed by atoms with van der Waals surface area (Å²) in [6, 6.07) is 2.00. The molecular formula is C15H23N3OS. The van der Waals surface area contributed by atoms with E-state index < -0.39 is 0 Å². The third-order valence-electron chi connectivity index (χ3n) is 3.72. The van der Waals surface area contributed by atoms with Crippen molar-refractivity contribution in [3.63, 3.8) is 0 Å². The Bertz CT molecular complexity index is 491. The molecule has 0 saturated heterocycles. The molecule has 0 aliphatic heterocycles. The van der Waals surface area contributed by atoms with Crippen LogP contribution in [-0.4, -0.2) is 28.1 Å². The van der Waals surface area contributed by atoms with Crippen molar-refractivity contribution >= 4 is 11.3 Å². The molecule has 4 nitrogen and oxygen atoms in total. The van der Waals surface area contributed by atoms with Gasteiger partial charge in [0.15, 0.2) is 5.82 Å². The summed E-state index contributed by atoms with van der Waals surface area (Å²) in [6.07, 6.45) is 2.44. The van der Waals surface area contributed by atoms with E-state index in [1.165, 1.54) is 12.8 Å². The lowest BCUT2D eigenvalue weighted by Crippen LogP contribution is -2.29. The average molecular weight is 293 g/mol. The lowest BCUT2D eigenvalue weighted by Gasteiger charge is -2.23. The minimum atomic E-state index is 0.625. The van der Waals surface area contributed by atoms with Gasteiger partial charge in [-0.05, 0) is 23.9 Å². The van der Waals surface area contributed by atoms with Crippen molar-refractivity contribution in [1.82, 2.24) is 15.0 Å². The molecule has 0 aliphatic rings. The predicted octanol–water partition coefficient (Wildman–Crippen LogP) is 4.06. The Morgan fingerprint density at radius 3 is 2.70 bits per heavy atom. The van der Waals surface area contributed by atoms with Crippen molar-refractivity contribution in [2.24, 2.45) is 5.92 Å². The highest BCUT2D eigenvalue weighted by atomic mass is 32.1. The number of nitrogens with zero attached hydrogens (tertiary/aromatic N) is 3. The summed E-state index contributed by atoms with van der Waals surface area (Å²) in [5.41, 5.74) is 1.01. The molecule has 20 heavy (non-hydrogen) atoms. The third-order valence-corrected chi connectivity index (χ3v) is 4.40. The minimum Gasteiger partial charge on any atom is -0.334 e. The number of thiophene rings is 1. The molecule has 2 heterocycles. The maximum absolute atomic E-state index is 5.33. The Kier molecular flexibility index (Phi) is 5.73. The van der Waals surface area contributed by atoms with Gasteiger partial charge in [-0.15, -0.1) is 0 Å². The van der Waals surface area contributed by atoms with Crippen LogP contribution in [0, 0.1) is 5.92 Å². The van der Waals surface area contributed by atoms with E-state index in [2.05, 4.69) is 35.8 Å². The quantitative estimate of drug-likeness (QED) is 0.736. The smallest absolute Gasteiger partial charge is 0.258 e. The van der Waals surface area contributed by atoms with Crippen LogP contribution in [0.25, 0.3) is 11.5 Å². The van der Waals surface area contributed by atoms with Crippen molar-refractivity contribution in [3.05, 3.63) is 22.7 Å². The van der Waals surface area contributed by atoms with Crippen LogP contribution in [0.1, 0.15) is 39.4 Å². The van der Waals surface area contributed by atoms with E-state index in [0.717, 1.165) is 36.9 Å². The average Bonchev–Trinajstić information content (AvgIpc) is 3.14. The first-order valence-corrected chi connectivity index (χ1v) is 8.28. The molecule has 5 heteroatoms. The second-order valence-corrected chi connectivity index (χ2v) is 5.82. The molecule has 0 unspecified atom stereocenters. The van der Waals surface area contributed by atoms with Gasteiger partial charge in [0, 0.05) is 11.9 Å². The first-order chi connectivity index (χ1) is 9.76. The molecular weight excluding hydrogens is 270 g/mol.